The van der Waals surface area contributed by atoms with Gasteiger partial charge in [0.1, 0.15) is 0 Å². The number of rotatable bonds is 6. The van der Waals surface area contributed by atoms with Crippen LogP contribution in [0.5, 0.6) is 0 Å². The van der Waals surface area contributed by atoms with Gasteiger partial charge in [0.05, 0.1) is 0 Å². The van der Waals surface area contributed by atoms with Crippen LogP contribution in [0.1, 0.15) is 25.8 Å². The first-order chi connectivity index (χ1) is 8.28. The van der Waals surface area contributed by atoms with E-state index in [1.807, 2.05) is 30.3 Å². The molecule has 2 N–H and O–H groups in total. The number of nitrogens with two attached hydrogens (primary N) is 1. The predicted octanol–water partition coefficient (Wildman–Crippen LogP) is 3.10. The molecule has 0 radical (unpaired) electrons. The minimum atomic E-state index is 0.612. The first kappa shape index (κ1) is 16.4. The van der Waals surface area contributed by atoms with E-state index in [9.17, 15) is 0 Å². The summed E-state index contributed by atoms with van der Waals surface area (Å²) < 4.78 is 0. The minimum absolute atomic E-state index is 0.612. The molecule has 0 fully saturated rings. The van der Waals surface area contributed by atoms with Crippen LogP contribution in [0.25, 0.3) is 0 Å². The normalized spacial score (nSPS) is 9.94. The van der Waals surface area contributed by atoms with Crippen LogP contribution in [0.2, 0.25) is 0 Å². The smallest absolute Gasteiger partial charge is 0.0474 e. The summed E-state index contributed by atoms with van der Waals surface area (Å²) in [6, 6.07) is 9.96. The van der Waals surface area contributed by atoms with Gasteiger partial charge >= 0.3 is 0 Å². The largest absolute Gasteiger partial charge is 0.330 e. The Morgan fingerprint density at radius 3 is 2.06 bits per heavy atom. The highest BCUT2D eigenvalue weighted by molar-refractivity contribution is 6.17. The van der Waals surface area contributed by atoms with Gasteiger partial charge in [-0.05, 0) is 38.2 Å². The SMILES string of the molecule is CCN(CC)CCCN.ClCc1ccccc1. The van der Waals surface area contributed by atoms with Crippen molar-refractivity contribution in [1.29, 1.82) is 0 Å². The molecule has 1 rings (SSSR count). The molecular weight excluding hydrogens is 232 g/mol. The first-order valence-electron chi connectivity index (χ1n) is 6.30. The zero-order valence-corrected chi connectivity index (χ0v) is 11.8. The van der Waals surface area contributed by atoms with Crippen LogP contribution >= 0.6 is 11.6 Å². The van der Waals surface area contributed by atoms with Gasteiger partial charge in [0.2, 0.25) is 0 Å². The van der Waals surface area contributed by atoms with Crippen LogP contribution in [0.4, 0.5) is 0 Å². The van der Waals surface area contributed by atoms with E-state index in [0.29, 0.717) is 5.88 Å². The minimum Gasteiger partial charge on any atom is -0.330 e. The molecule has 1 aromatic carbocycles. The standard InChI is InChI=1S/C7H7Cl.C7H18N2/c8-6-7-4-2-1-3-5-7;1-3-9(4-2)7-5-6-8/h1-5H,6H2;3-8H2,1-2H3. The molecule has 0 amide bonds. The van der Waals surface area contributed by atoms with Crippen molar-refractivity contribution < 1.29 is 0 Å². The Morgan fingerprint density at radius 2 is 1.71 bits per heavy atom. The lowest BCUT2D eigenvalue weighted by Gasteiger charge is -2.16. The molecule has 0 saturated carbocycles. The summed E-state index contributed by atoms with van der Waals surface area (Å²) >= 11 is 5.53. The summed E-state index contributed by atoms with van der Waals surface area (Å²) in [6.45, 7) is 8.63. The van der Waals surface area contributed by atoms with Gasteiger partial charge in [-0.25, -0.2) is 0 Å². The highest BCUT2D eigenvalue weighted by Gasteiger charge is 1.94. The maximum atomic E-state index is 5.53. The molecule has 0 unspecified atom stereocenters. The first-order valence-corrected chi connectivity index (χ1v) is 6.84. The van der Waals surface area contributed by atoms with Crippen LogP contribution in [-0.4, -0.2) is 31.1 Å². The summed E-state index contributed by atoms with van der Waals surface area (Å²) in [5, 5.41) is 0. The highest BCUT2D eigenvalue weighted by Crippen LogP contribution is 2.00. The van der Waals surface area contributed by atoms with E-state index >= 15 is 0 Å². The van der Waals surface area contributed by atoms with Crippen molar-refractivity contribution >= 4 is 11.6 Å². The Labute approximate surface area is 111 Å². The van der Waals surface area contributed by atoms with Gasteiger partial charge in [0, 0.05) is 5.88 Å². The summed E-state index contributed by atoms with van der Waals surface area (Å²) in [5.41, 5.74) is 6.53. The number of benzene rings is 1. The molecule has 1 aromatic rings. The number of halogens is 1. The topological polar surface area (TPSA) is 29.3 Å². The maximum absolute atomic E-state index is 5.53. The zero-order valence-electron chi connectivity index (χ0n) is 11.0. The second-order valence-corrected chi connectivity index (χ2v) is 4.06. The number of hydrogen-bond donors (Lipinski definition) is 1. The van der Waals surface area contributed by atoms with Crippen molar-refractivity contribution in [3.8, 4) is 0 Å². The van der Waals surface area contributed by atoms with Crippen molar-refractivity contribution in [2.75, 3.05) is 26.2 Å². The van der Waals surface area contributed by atoms with E-state index < -0.39 is 0 Å². The Bertz CT molecular complexity index is 248. The van der Waals surface area contributed by atoms with Gasteiger partial charge in [-0.1, -0.05) is 44.2 Å². The summed E-state index contributed by atoms with van der Waals surface area (Å²) in [6.07, 6.45) is 1.13. The summed E-state index contributed by atoms with van der Waals surface area (Å²) in [7, 11) is 0. The zero-order chi connectivity index (χ0) is 12.9. The molecule has 0 heterocycles. The second kappa shape index (κ2) is 11.9. The Morgan fingerprint density at radius 1 is 1.12 bits per heavy atom. The molecule has 0 atom stereocenters. The molecule has 17 heavy (non-hydrogen) atoms. The van der Waals surface area contributed by atoms with Crippen molar-refractivity contribution in [3.05, 3.63) is 35.9 Å². The van der Waals surface area contributed by atoms with Crippen molar-refractivity contribution in [2.24, 2.45) is 5.73 Å². The van der Waals surface area contributed by atoms with Crippen LogP contribution < -0.4 is 5.73 Å². The van der Waals surface area contributed by atoms with Crippen molar-refractivity contribution in [3.63, 3.8) is 0 Å². The number of alkyl halides is 1. The summed E-state index contributed by atoms with van der Waals surface area (Å²) in [4.78, 5) is 2.38. The highest BCUT2D eigenvalue weighted by atomic mass is 35.5. The molecular formula is C14H25ClN2. The lowest BCUT2D eigenvalue weighted by atomic mass is 10.2. The molecule has 0 spiro atoms. The number of hydrogen-bond acceptors (Lipinski definition) is 2. The fraction of sp³-hybridized carbons (Fsp3) is 0.571. The molecule has 0 aliphatic rings. The lowest BCUT2D eigenvalue weighted by molar-refractivity contribution is 0.302. The predicted molar refractivity (Wildman–Crippen MR) is 77.5 cm³/mol. The van der Waals surface area contributed by atoms with Gasteiger partial charge in [-0.2, -0.15) is 0 Å². The van der Waals surface area contributed by atoms with Gasteiger partial charge in [-0.15, -0.1) is 11.6 Å². The fourth-order valence-electron chi connectivity index (χ4n) is 1.42. The Balaban J connectivity index is 0.000000302. The quantitative estimate of drug-likeness (QED) is 0.793. The van der Waals surface area contributed by atoms with E-state index in [1.165, 1.54) is 5.56 Å². The van der Waals surface area contributed by atoms with Gasteiger partial charge in [-0.3, -0.25) is 0 Å². The fourth-order valence-corrected chi connectivity index (χ4v) is 1.60. The maximum Gasteiger partial charge on any atom is 0.0474 e. The van der Waals surface area contributed by atoms with Crippen LogP contribution in [0.3, 0.4) is 0 Å². The van der Waals surface area contributed by atoms with E-state index in [0.717, 1.165) is 32.6 Å². The third-order valence-electron chi connectivity index (χ3n) is 2.57. The third kappa shape index (κ3) is 9.16. The van der Waals surface area contributed by atoms with E-state index in [2.05, 4.69) is 18.7 Å². The van der Waals surface area contributed by atoms with E-state index in [-0.39, 0.29) is 0 Å². The third-order valence-corrected chi connectivity index (χ3v) is 2.88. The second-order valence-electron chi connectivity index (χ2n) is 3.79. The Hall–Kier alpha value is -0.570. The van der Waals surface area contributed by atoms with Crippen LogP contribution in [0, 0.1) is 0 Å². The van der Waals surface area contributed by atoms with Gasteiger partial charge < -0.3 is 10.6 Å². The molecule has 98 valence electrons. The average molecular weight is 257 g/mol. The molecule has 0 saturated heterocycles. The van der Waals surface area contributed by atoms with Gasteiger partial charge in [0.25, 0.3) is 0 Å². The monoisotopic (exact) mass is 256 g/mol. The molecule has 0 aliphatic carbocycles. The summed E-state index contributed by atoms with van der Waals surface area (Å²) in [5.74, 6) is 0.612. The molecule has 3 heteroatoms. The average Bonchev–Trinajstić information content (AvgIpc) is 2.42. The van der Waals surface area contributed by atoms with E-state index in [4.69, 9.17) is 17.3 Å². The van der Waals surface area contributed by atoms with Crippen molar-refractivity contribution in [1.82, 2.24) is 4.90 Å². The van der Waals surface area contributed by atoms with Crippen LogP contribution in [0.15, 0.2) is 30.3 Å². The number of nitrogens with zero attached hydrogens (tertiary/aromatic N) is 1. The Kier molecular flexibility index (Phi) is 11.5. The molecule has 2 nitrogen and oxygen atoms in total. The van der Waals surface area contributed by atoms with Gasteiger partial charge in [0.15, 0.2) is 0 Å². The molecule has 0 bridgehead atoms. The van der Waals surface area contributed by atoms with E-state index in [1.54, 1.807) is 0 Å². The van der Waals surface area contributed by atoms with Crippen molar-refractivity contribution in [2.45, 2.75) is 26.1 Å². The lowest BCUT2D eigenvalue weighted by Crippen LogP contribution is -2.25. The van der Waals surface area contributed by atoms with Crippen LogP contribution in [-0.2, 0) is 5.88 Å². The molecule has 0 aromatic heterocycles. The molecule has 0 aliphatic heterocycles.